The maximum absolute atomic E-state index is 14.1. The zero-order chi connectivity index (χ0) is 15.4. The number of ether oxygens (including phenoxy) is 1. The topological polar surface area (TPSA) is 21.3 Å². The van der Waals surface area contributed by atoms with Crippen LogP contribution in [-0.2, 0) is 6.54 Å². The fraction of sp³-hybridized carbons (Fsp3) is 0.294. The monoisotopic (exact) mass is 307 g/mol. The first kappa shape index (κ1) is 15.8. The lowest BCUT2D eigenvalue weighted by atomic mass is 10.0. The largest absolute Gasteiger partial charge is 0.495 e. The van der Waals surface area contributed by atoms with E-state index in [0.29, 0.717) is 28.9 Å². The summed E-state index contributed by atoms with van der Waals surface area (Å²) in [5, 5.41) is 3.72. The van der Waals surface area contributed by atoms with E-state index in [4.69, 9.17) is 16.3 Å². The molecule has 0 spiro atoms. The van der Waals surface area contributed by atoms with Crippen molar-refractivity contribution in [2.75, 3.05) is 7.11 Å². The van der Waals surface area contributed by atoms with Gasteiger partial charge in [0.15, 0.2) is 0 Å². The van der Waals surface area contributed by atoms with Crippen molar-refractivity contribution in [2.45, 2.75) is 26.4 Å². The van der Waals surface area contributed by atoms with Crippen LogP contribution in [0.4, 0.5) is 4.39 Å². The SMILES string of the molecule is COc1ccc(-c2ccc(CNC(C)C)c(F)c2)cc1Cl. The van der Waals surface area contributed by atoms with Crippen molar-refractivity contribution in [1.29, 1.82) is 0 Å². The minimum absolute atomic E-state index is 0.215. The Balaban J connectivity index is 2.25. The number of nitrogens with one attached hydrogen (secondary N) is 1. The van der Waals surface area contributed by atoms with Gasteiger partial charge in [-0.2, -0.15) is 0 Å². The van der Waals surface area contributed by atoms with Gasteiger partial charge < -0.3 is 10.1 Å². The molecule has 0 amide bonds. The first-order valence-electron chi connectivity index (χ1n) is 6.87. The highest BCUT2D eigenvalue weighted by Gasteiger charge is 2.08. The number of hydrogen-bond acceptors (Lipinski definition) is 2. The lowest BCUT2D eigenvalue weighted by molar-refractivity contribution is 0.415. The quantitative estimate of drug-likeness (QED) is 0.868. The predicted octanol–water partition coefficient (Wildman–Crippen LogP) is 4.65. The first-order chi connectivity index (χ1) is 10.0. The molecule has 0 radical (unpaired) electrons. The van der Waals surface area contributed by atoms with E-state index in [1.807, 2.05) is 26.0 Å². The number of hydrogen-bond donors (Lipinski definition) is 1. The summed E-state index contributed by atoms with van der Waals surface area (Å²) >= 11 is 6.11. The van der Waals surface area contributed by atoms with Gasteiger partial charge in [-0.25, -0.2) is 4.39 Å². The van der Waals surface area contributed by atoms with Gasteiger partial charge >= 0.3 is 0 Å². The molecule has 0 atom stereocenters. The van der Waals surface area contributed by atoms with Crippen LogP contribution < -0.4 is 10.1 Å². The summed E-state index contributed by atoms with van der Waals surface area (Å²) in [5.74, 6) is 0.395. The number of rotatable bonds is 5. The van der Waals surface area contributed by atoms with Crippen LogP contribution in [0.3, 0.4) is 0 Å². The summed E-state index contributed by atoms with van der Waals surface area (Å²) in [6.07, 6.45) is 0. The highest BCUT2D eigenvalue weighted by molar-refractivity contribution is 6.32. The highest BCUT2D eigenvalue weighted by Crippen LogP contribution is 2.30. The van der Waals surface area contributed by atoms with Crippen molar-refractivity contribution in [1.82, 2.24) is 5.32 Å². The molecule has 0 aliphatic carbocycles. The second kappa shape index (κ2) is 6.92. The van der Waals surface area contributed by atoms with Crippen LogP contribution in [0.2, 0.25) is 5.02 Å². The Morgan fingerprint density at radius 3 is 2.38 bits per heavy atom. The van der Waals surface area contributed by atoms with Crippen LogP contribution >= 0.6 is 11.6 Å². The van der Waals surface area contributed by atoms with Crippen molar-refractivity contribution in [2.24, 2.45) is 0 Å². The minimum Gasteiger partial charge on any atom is -0.495 e. The van der Waals surface area contributed by atoms with Gasteiger partial charge in [-0.1, -0.05) is 43.6 Å². The zero-order valence-electron chi connectivity index (χ0n) is 12.4. The molecular weight excluding hydrogens is 289 g/mol. The van der Waals surface area contributed by atoms with Gasteiger partial charge in [-0.05, 0) is 29.3 Å². The highest BCUT2D eigenvalue weighted by atomic mass is 35.5. The summed E-state index contributed by atoms with van der Waals surface area (Å²) in [5.41, 5.74) is 2.32. The molecule has 2 aromatic rings. The zero-order valence-corrected chi connectivity index (χ0v) is 13.2. The molecule has 4 heteroatoms. The molecule has 0 saturated carbocycles. The third-order valence-corrected chi connectivity index (χ3v) is 3.53. The normalized spacial score (nSPS) is 11.0. The Labute approximate surface area is 129 Å². The molecule has 0 bridgehead atoms. The molecule has 0 fully saturated rings. The Morgan fingerprint density at radius 2 is 1.81 bits per heavy atom. The van der Waals surface area contributed by atoms with E-state index in [1.54, 1.807) is 25.3 Å². The van der Waals surface area contributed by atoms with Crippen LogP contribution in [-0.4, -0.2) is 13.2 Å². The van der Waals surface area contributed by atoms with Crippen molar-refractivity contribution in [3.05, 3.63) is 52.8 Å². The summed E-state index contributed by atoms with van der Waals surface area (Å²) in [4.78, 5) is 0. The van der Waals surface area contributed by atoms with Crippen LogP contribution in [0.15, 0.2) is 36.4 Å². The molecule has 2 aromatic carbocycles. The Morgan fingerprint density at radius 1 is 1.14 bits per heavy atom. The number of halogens is 2. The Bertz CT molecular complexity index is 628. The molecule has 2 nitrogen and oxygen atoms in total. The van der Waals surface area contributed by atoms with Crippen molar-refractivity contribution < 1.29 is 9.13 Å². The van der Waals surface area contributed by atoms with Gasteiger partial charge in [0.05, 0.1) is 12.1 Å². The molecule has 0 unspecified atom stereocenters. The van der Waals surface area contributed by atoms with Gasteiger partial charge in [-0.15, -0.1) is 0 Å². The van der Waals surface area contributed by atoms with E-state index in [2.05, 4.69) is 5.32 Å². The van der Waals surface area contributed by atoms with Gasteiger partial charge in [-0.3, -0.25) is 0 Å². The predicted molar refractivity (Wildman–Crippen MR) is 85.4 cm³/mol. The number of methoxy groups -OCH3 is 1. The molecule has 0 aromatic heterocycles. The second-order valence-electron chi connectivity index (χ2n) is 5.19. The minimum atomic E-state index is -0.215. The fourth-order valence-electron chi connectivity index (χ4n) is 2.03. The van der Waals surface area contributed by atoms with Crippen LogP contribution in [0.25, 0.3) is 11.1 Å². The Kier molecular flexibility index (Phi) is 5.21. The lowest BCUT2D eigenvalue weighted by Gasteiger charge is -2.11. The average Bonchev–Trinajstić information content (AvgIpc) is 2.45. The molecule has 1 N–H and O–H groups in total. The molecular formula is C17H19ClFNO. The number of benzene rings is 2. The third-order valence-electron chi connectivity index (χ3n) is 3.24. The fourth-order valence-corrected chi connectivity index (χ4v) is 2.29. The second-order valence-corrected chi connectivity index (χ2v) is 5.60. The maximum atomic E-state index is 14.1. The Hall–Kier alpha value is -1.58. The molecule has 0 aliphatic rings. The van der Waals surface area contributed by atoms with Crippen molar-refractivity contribution >= 4 is 11.6 Å². The van der Waals surface area contributed by atoms with Crippen LogP contribution in [0.5, 0.6) is 5.75 Å². The van der Waals surface area contributed by atoms with E-state index in [9.17, 15) is 4.39 Å². The van der Waals surface area contributed by atoms with Crippen LogP contribution in [0, 0.1) is 5.82 Å². The van der Waals surface area contributed by atoms with Gasteiger partial charge in [0.2, 0.25) is 0 Å². The summed E-state index contributed by atoms with van der Waals surface area (Å²) in [7, 11) is 1.57. The third kappa shape index (κ3) is 3.96. The van der Waals surface area contributed by atoms with Gasteiger partial charge in [0.25, 0.3) is 0 Å². The average molecular weight is 308 g/mol. The smallest absolute Gasteiger partial charge is 0.137 e. The summed E-state index contributed by atoms with van der Waals surface area (Å²) in [6, 6.07) is 11.0. The van der Waals surface area contributed by atoms with E-state index in [-0.39, 0.29) is 5.82 Å². The van der Waals surface area contributed by atoms with E-state index in [0.717, 1.165) is 11.1 Å². The van der Waals surface area contributed by atoms with Gasteiger partial charge in [0.1, 0.15) is 11.6 Å². The van der Waals surface area contributed by atoms with Crippen molar-refractivity contribution in [3.63, 3.8) is 0 Å². The first-order valence-corrected chi connectivity index (χ1v) is 7.24. The van der Waals surface area contributed by atoms with E-state index in [1.165, 1.54) is 6.07 Å². The van der Waals surface area contributed by atoms with E-state index < -0.39 is 0 Å². The molecule has 21 heavy (non-hydrogen) atoms. The lowest BCUT2D eigenvalue weighted by Crippen LogP contribution is -2.22. The molecule has 0 saturated heterocycles. The summed E-state index contributed by atoms with van der Waals surface area (Å²) in [6.45, 7) is 4.59. The van der Waals surface area contributed by atoms with Crippen molar-refractivity contribution in [3.8, 4) is 16.9 Å². The standard InChI is InChI=1S/C17H19ClFNO/c1-11(2)20-10-14-5-4-13(9-16(14)19)12-6-7-17(21-3)15(18)8-12/h4-9,11,20H,10H2,1-3H3. The summed E-state index contributed by atoms with van der Waals surface area (Å²) < 4.78 is 19.3. The maximum Gasteiger partial charge on any atom is 0.137 e. The molecule has 0 heterocycles. The molecule has 112 valence electrons. The van der Waals surface area contributed by atoms with Crippen LogP contribution in [0.1, 0.15) is 19.4 Å². The molecule has 2 rings (SSSR count). The van der Waals surface area contributed by atoms with E-state index >= 15 is 0 Å². The van der Waals surface area contributed by atoms with Gasteiger partial charge in [0, 0.05) is 18.2 Å². The molecule has 0 aliphatic heterocycles.